The molecule has 3 nitrogen and oxygen atoms in total. The topological polar surface area (TPSA) is 54.4 Å². The molecule has 20 heavy (non-hydrogen) atoms. The Kier molecular flexibility index (Phi) is 4.62. The Morgan fingerprint density at radius 1 is 1.10 bits per heavy atom. The highest BCUT2D eigenvalue weighted by Gasteiger charge is 2.11. The summed E-state index contributed by atoms with van der Waals surface area (Å²) >= 11 is 4.69. The van der Waals surface area contributed by atoms with Crippen LogP contribution in [0.4, 0.5) is 0 Å². The van der Waals surface area contributed by atoms with Gasteiger partial charge >= 0.3 is 5.97 Å². The van der Waals surface area contributed by atoms with E-state index in [2.05, 4.69) is 15.9 Å². The van der Waals surface area contributed by atoms with Crippen molar-refractivity contribution in [1.29, 1.82) is 0 Å². The lowest BCUT2D eigenvalue weighted by atomic mass is 10.2. The number of halogens is 1. The Morgan fingerprint density at radius 2 is 1.75 bits per heavy atom. The molecule has 0 amide bonds. The number of benzene rings is 2. The van der Waals surface area contributed by atoms with Crippen LogP contribution in [0.3, 0.4) is 0 Å². The van der Waals surface area contributed by atoms with Crippen molar-refractivity contribution in [3.05, 3.63) is 58.1 Å². The molecule has 0 aromatic heterocycles. The lowest BCUT2D eigenvalue weighted by molar-refractivity contribution is 0.0693. The molecule has 0 saturated heterocycles. The molecular formula is C15H11BrO3S. The molecule has 102 valence electrons. The van der Waals surface area contributed by atoms with E-state index in [0.29, 0.717) is 10.5 Å². The number of carboxylic acids is 1. The van der Waals surface area contributed by atoms with Crippen LogP contribution in [-0.2, 0) is 0 Å². The van der Waals surface area contributed by atoms with Gasteiger partial charge in [-0.3, -0.25) is 4.79 Å². The zero-order valence-corrected chi connectivity index (χ0v) is 13.0. The molecule has 0 heterocycles. The van der Waals surface area contributed by atoms with Gasteiger partial charge in [0.05, 0.1) is 5.56 Å². The molecule has 5 heteroatoms. The number of carbonyl (C=O) groups is 2. The standard InChI is InChI=1S/C15H11BrO3S/c1-9(17)10-2-5-12(6-3-10)20-14-8-11(16)4-7-13(14)15(18)19/h2-8H,1H3,(H,18,19). The summed E-state index contributed by atoms with van der Waals surface area (Å²) in [6, 6.07) is 12.1. The van der Waals surface area contributed by atoms with Crippen LogP contribution < -0.4 is 0 Å². The second kappa shape index (κ2) is 6.24. The van der Waals surface area contributed by atoms with Crippen LogP contribution in [0.2, 0.25) is 0 Å². The minimum Gasteiger partial charge on any atom is -0.478 e. The predicted octanol–water partition coefficient (Wildman–Crippen LogP) is 4.50. The summed E-state index contributed by atoms with van der Waals surface area (Å²) in [5.41, 5.74) is 0.899. The Hall–Kier alpha value is -1.59. The Labute approximate surface area is 129 Å². The summed E-state index contributed by atoms with van der Waals surface area (Å²) in [4.78, 5) is 23.9. The molecule has 0 saturated carbocycles. The van der Waals surface area contributed by atoms with Gasteiger partial charge in [0, 0.05) is 19.8 Å². The number of hydrogen-bond donors (Lipinski definition) is 1. The molecule has 0 fully saturated rings. The van der Waals surface area contributed by atoms with E-state index in [1.54, 1.807) is 30.3 Å². The van der Waals surface area contributed by atoms with Crippen molar-refractivity contribution < 1.29 is 14.7 Å². The molecule has 0 aliphatic carbocycles. The lowest BCUT2D eigenvalue weighted by Crippen LogP contribution is -1.98. The van der Waals surface area contributed by atoms with E-state index >= 15 is 0 Å². The van der Waals surface area contributed by atoms with E-state index in [-0.39, 0.29) is 11.3 Å². The van der Waals surface area contributed by atoms with Gasteiger partial charge in [-0.2, -0.15) is 0 Å². The van der Waals surface area contributed by atoms with Gasteiger partial charge in [-0.25, -0.2) is 4.79 Å². The van der Waals surface area contributed by atoms with Gasteiger partial charge in [0.15, 0.2) is 5.78 Å². The van der Waals surface area contributed by atoms with Crippen LogP contribution in [0, 0.1) is 0 Å². The molecule has 0 bridgehead atoms. The maximum absolute atomic E-state index is 11.2. The van der Waals surface area contributed by atoms with Crippen molar-refractivity contribution in [2.24, 2.45) is 0 Å². The molecule has 2 aromatic rings. The first-order valence-electron chi connectivity index (χ1n) is 5.79. The third-order valence-electron chi connectivity index (χ3n) is 2.66. The minimum atomic E-state index is -0.958. The summed E-state index contributed by atoms with van der Waals surface area (Å²) in [5, 5.41) is 9.18. The van der Waals surface area contributed by atoms with Gasteiger partial charge in [-0.15, -0.1) is 0 Å². The summed E-state index contributed by atoms with van der Waals surface area (Å²) in [6.45, 7) is 1.51. The summed E-state index contributed by atoms with van der Waals surface area (Å²) in [7, 11) is 0. The Balaban J connectivity index is 2.31. The van der Waals surface area contributed by atoms with Gasteiger partial charge in [-0.1, -0.05) is 39.8 Å². The van der Waals surface area contributed by atoms with Crippen molar-refractivity contribution in [2.45, 2.75) is 16.7 Å². The molecule has 0 radical (unpaired) electrons. The van der Waals surface area contributed by atoms with Crippen molar-refractivity contribution in [3.63, 3.8) is 0 Å². The van der Waals surface area contributed by atoms with Gasteiger partial charge < -0.3 is 5.11 Å². The van der Waals surface area contributed by atoms with Crippen molar-refractivity contribution in [2.75, 3.05) is 0 Å². The maximum atomic E-state index is 11.2. The highest BCUT2D eigenvalue weighted by molar-refractivity contribution is 9.10. The molecule has 0 aliphatic heterocycles. The van der Waals surface area contributed by atoms with E-state index in [1.807, 2.05) is 12.1 Å². The first kappa shape index (κ1) is 14.8. The number of aromatic carboxylic acids is 1. The summed E-state index contributed by atoms with van der Waals surface area (Å²) in [5.74, 6) is -0.949. The quantitative estimate of drug-likeness (QED) is 0.824. The second-order valence-electron chi connectivity index (χ2n) is 4.13. The summed E-state index contributed by atoms with van der Waals surface area (Å²) in [6.07, 6.45) is 0. The number of carbonyl (C=O) groups excluding carboxylic acids is 1. The smallest absolute Gasteiger partial charge is 0.336 e. The van der Waals surface area contributed by atoms with Crippen LogP contribution in [0.15, 0.2) is 56.7 Å². The van der Waals surface area contributed by atoms with Gasteiger partial charge in [0.25, 0.3) is 0 Å². The molecular weight excluding hydrogens is 340 g/mol. The number of ketones is 1. The highest BCUT2D eigenvalue weighted by atomic mass is 79.9. The van der Waals surface area contributed by atoms with Gasteiger partial charge in [-0.05, 0) is 37.3 Å². The molecule has 0 spiro atoms. The van der Waals surface area contributed by atoms with E-state index in [4.69, 9.17) is 0 Å². The van der Waals surface area contributed by atoms with Crippen LogP contribution in [0.1, 0.15) is 27.6 Å². The third-order valence-corrected chi connectivity index (χ3v) is 4.22. The van der Waals surface area contributed by atoms with Crippen LogP contribution in [-0.4, -0.2) is 16.9 Å². The zero-order valence-electron chi connectivity index (χ0n) is 10.6. The van der Waals surface area contributed by atoms with Crippen LogP contribution in [0.5, 0.6) is 0 Å². The number of rotatable bonds is 4. The van der Waals surface area contributed by atoms with Crippen molar-refractivity contribution in [3.8, 4) is 0 Å². The zero-order chi connectivity index (χ0) is 14.7. The fraction of sp³-hybridized carbons (Fsp3) is 0.0667. The van der Waals surface area contributed by atoms with E-state index in [0.717, 1.165) is 9.37 Å². The molecule has 0 unspecified atom stereocenters. The number of hydrogen-bond acceptors (Lipinski definition) is 3. The van der Waals surface area contributed by atoms with Crippen molar-refractivity contribution >= 4 is 39.4 Å². The monoisotopic (exact) mass is 350 g/mol. The number of carboxylic acid groups (broad SMARTS) is 1. The Morgan fingerprint density at radius 3 is 2.30 bits per heavy atom. The first-order valence-corrected chi connectivity index (χ1v) is 7.40. The van der Waals surface area contributed by atoms with Crippen LogP contribution >= 0.6 is 27.7 Å². The second-order valence-corrected chi connectivity index (χ2v) is 6.16. The van der Waals surface area contributed by atoms with E-state index < -0.39 is 5.97 Å². The predicted molar refractivity (Wildman–Crippen MR) is 81.7 cm³/mol. The highest BCUT2D eigenvalue weighted by Crippen LogP contribution is 2.32. The van der Waals surface area contributed by atoms with Crippen LogP contribution in [0.25, 0.3) is 0 Å². The lowest BCUT2D eigenvalue weighted by Gasteiger charge is -2.07. The minimum absolute atomic E-state index is 0.00947. The molecule has 0 aliphatic rings. The van der Waals surface area contributed by atoms with E-state index in [9.17, 15) is 14.7 Å². The largest absolute Gasteiger partial charge is 0.478 e. The molecule has 0 atom stereocenters. The Bertz CT molecular complexity index is 665. The SMILES string of the molecule is CC(=O)c1ccc(Sc2cc(Br)ccc2C(=O)O)cc1. The van der Waals surface area contributed by atoms with Gasteiger partial charge in [0.2, 0.25) is 0 Å². The summed E-state index contributed by atoms with van der Waals surface area (Å²) < 4.78 is 0.824. The first-order chi connectivity index (χ1) is 9.47. The van der Waals surface area contributed by atoms with Gasteiger partial charge in [0.1, 0.15) is 0 Å². The van der Waals surface area contributed by atoms with E-state index in [1.165, 1.54) is 18.7 Å². The normalized spacial score (nSPS) is 10.3. The maximum Gasteiger partial charge on any atom is 0.336 e. The average Bonchev–Trinajstić information content (AvgIpc) is 2.39. The number of Topliss-reactive ketones (excluding diaryl/α,β-unsaturated/α-hetero) is 1. The molecule has 1 N–H and O–H groups in total. The average molecular weight is 351 g/mol. The molecule has 2 rings (SSSR count). The van der Waals surface area contributed by atoms with Crippen molar-refractivity contribution in [1.82, 2.24) is 0 Å². The third kappa shape index (κ3) is 3.49. The fourth-order valence-electron chi connectivity index (χ4n) is 1.64. The molecule has 2 aromatic carbocycles. The fourth-order valence-corrected chi connectivity index (χ4v) is 3.13.